The van der Waals surface area contributed by atoms with Crippen molar-refractivity contribution in [3.8, 4) is 0 Å². The van der Waals surface area contributed by atoms with Gasteiger partial charge in [0.15, 0.2) is 0 Å². The number of fused-ring (bicyclic) bond motifs is 1. The minimum Gasteiger partial charge on any atom is -0.370 e. The van der Waals surface area contributed by atoms with E-state index >= 15 is 0 Å². The lowest BCUT2D eigenvalue weighted by molar-refractivity contribution is -0.220. The molecule has 0 radical (unpaired) electrons. The first-order chi connectivity index (χ1) is 10.3. The monoisotopic (exact) mass is 312 g/mol. The van der Waals surface area contributed by atoms with Crippen molar-refractivity contribution in [3.63, 3.8) is 0 Å². The molecule has 1 saturated heterocycles. The van der Waals surface area contributed by atoms with Crippen molar-refractivity contribution in [2.24, 2.45) is 5.41 Å². The zero-order chi connectivity index (χ0) is 16.0. The Balaban J connectivity index is 1.88. The second-order valence-electron chi connectivity index (χ2n) is 6.27. The van der Waals surface area contributed by atoms with Crippen LogP contribution in [0.2, 0.25) is 0 Å². The van der Waals surface area contributed by atoms with Gasteiger partial charge in [0.2, 0.25) is 0 Å². The van der Waals surface area contributed by atoms with E-state index in [1.165, 1.54) is 0 Å². The predicted molar refractivity (Wildman–Crippen MR) is 79.1 cm³/mol. The Labute approximate surface area is 127 Å². The number of imidazole rings is 1. The fraction of sp³-hybridized carbons (Fsp3) is 0.533. The molecular weight excluding hydrogens is 293 g/mol. The van der Waals surface area contributed by atoms with E-state index in [9.17, 15) is 13.2 Å². The Morgan fingerprint density at radius 1 is 1.32 bits per heavy atom. The molecule has 1 fully saturated rings. The van der Waals surface area contributed by atoms with Crippen LogP contribution in [0, 0.1) is 5.41 Å². The molecule has 0 saturated carbocycles. The van der Waals surface area contributed by atoms with E-state index in [1.54, 1.807) is 25.2 Å². The third-order valence-electron chi connectivity index (χ3n) is 4.32. The molecule has 1 aliphatic heterocycles. The molecule has 120 valence electrons. The van der Waals surface area contributed by atoms with E-state index in [4.69, 9.17) is 0 Å². The van der Waals surface area contributed by atoms with Gasteiger partial charge in [-0.2, -0.15) is 13.2 Å². The molecule has 22 heavy (non-hydrogen) atoms. The molecule has 7 heteroatoms. The standard InChI is InChI=1S/C15H19F3N4/c1-20(2)10-14(15(16,17)18)4-7-22(11-14)12-3-6-21-8-5-19-13(21)9-12/h3,5-6,8-9H,4,7,10-11H2,1-2H3. The molecule has 0 amide bonds. The molecule has 0 aliphatic carbocycles. The average Bonchev–Trinajstić information content (AvgIpc) is 3.03. The molecule has 3 heterocycles. The lowest BCUT2D eigenvalue weighted by Crippen LogP contribution is -2.47. The van der Waals surface area contributed by atoms with Crippen LogP contribution in [-0.4, -0.2) is 54.2 Å². The number of rotatable bonds is 3. The summed E-state index contributed by atoms with van der Waals surface area (Å²) in [6.07, 6.45) is 1.24. The summed E-state index contributed by atoms with van der Waals surface area (Å²) in [5, 5.41) is 0. The number of hydrogen-bond donors (Lipinski definition) is 0. The molecule has 4 nitrogen and oxygen atoms in total. The first-order valence-corrected chi connectivity index (χ1v) is 7.20. The van der Waals surface area contributed by atoms with Crippen LogP contribution in [0.5, 0.6) is 0 Å². The molecule has 1 atom stereocenters. The van der Waals surface area contributed by atoms with Crippen molar-refractivity contribution >= 4 is 11.3 Å². The van der Waals surface area contributed by atoms with Crippen molar-refractivity contribution in [3.05, 3.63) is 30.7 Å². The molecule has 0 spiro atoms. The summed E-state index contributed by atoms with van der Waals surface area (Å²) in [6, 6.07) is 3.68. The smallest absolute Gasteiger partial charge is 0.370 e. The second kappa shape index (κ2) is 5.15. The van der Waals surface area contributed by atoms with Gasteiger partial charge in [0.25, 0.3) is 0 Å². The largest absolute Gasteiger partial charge is 0.397 e. The summed E-state index contributed by atoms with van der Waals surface area (Å²) in [4.78, 5) is 7.62. The Morgan fingerprint density at radius 2 is 2.09 bits per heavy atom. The van der Waals surface area contributed by atoms with Crippen LogP contribution in [0.25, 0.3) is 5.65 Å². The zero-order valence-corrected chi connectivity index (χ0v) is 12.6. The van der Waals surface area contributed by atoms with Gasteiger partial charge in [-0.3, -0.25) is 0 Å². The number of halogens is 3. The Morgan fingerprint density at radius 3 is 2.77 bits per heavy atom. The summed E-state index contributed by atoms with van der Waals surface area (Å²) in [5.74, 6) is 0. The number of anilines is 1. The Kier molecular flexibility index (Phi) is 3.55. The van der Waals surface area contributed by atoms with Crippen LogP contribution in [-0.2, 0) is 0 Å². The summed E-state index contributed by atoms with van der Waals surface area (Å²) >= 11 is 0. The van der Waals surface area contributed by atoms with E-state index in [1.807, 2.05) is 33.8 Å². The van der Waals surface area contributed by atoms with Gasteiger partial charge in [-0.25, -0.2) is 4.98 Å². The van der Waals surface area contributed by atoms with Gasteiger partial charge in [-0.15, -0.1) is 0 Å². The molecule has 1 unspecified atom stereocenters. The fourth-order valence-electron chi connectivity index (χ4n) is 3.24. The van der Waals surface area contributed by atoms with Gasteiger partial charge in [0, 0.05) is 50.0 Å². The molecule has 2 aromatic rings. The van der Waals surface area contributed by atoms with Gasteiger partial charge in [-0.1, -0.05) is 0 Å². The van der Waals surface area contributed by atoms with Crippen molar-refractivity contribution in [1.82, 2.24) is 14.3 Å². The molecular formula is C15H19F3N4. The Hall–Kier alpha value is -1.76. The van der Waals surface area contributed by atoms with E-state index in [2.05, 4.69) is 4.98 Å². The lowest BCUT2D eigenvalue weighted by atomic mass is 9.86. The summed E-state index contributed by atoms with van der Waals surface area (Å²) in [7, 11) is 3.37. The predicted octanol–water partition coefficient (Wildman–Crippen LogP) is 2.65. The van der Waals surface area contributed by atoms with E-state index < -0.39 is 11.6 Å². The SMILES string of the molecule is CN(C)CC1(C(F)(F)F)CCN(c2ccn3ccnc3c2)C1. The number of hydrogen-bond acceptors (Lipinski definition) is 3. The minimum atomic E-state index is -4.20. The average molecular weight is 312 g/mol. The van der Waals surface area contributed by atoms with Crippen molar-refractivity contribution < 1.29 is 13.2 Å². The number of pyridine rings is 1. The molecule has 1 aliphatic rings. The molecule has 0 aromatic carbocycles. The second-order valence-corrected chi connectivity index (χ2v) is 6.27. The maximum atomic E-state index is 13.6. The van der Waals surface area contributed by atoms with Crippen LogP contribution in [0.1, 0.15) is 6.42 Å². The molecule has 2 aromatic heterocycles. The highest BCUT2D eigenvalue weighted by molar-refractivity contribution is 5.57. The number of aromatic nitrogens is 2. The third-order valence-corrected chi connectivity index (χ3v) is 4.32. The summed E-state index contributed by atoms with van der Waals surface area (Å²) in [6.45, 7) is 0.411. The van der Waals surface area contributed by atoms with E-state index in [0.29, 0.717) is 6.54 Å². The highest BCUT2D eigenvalue weighted by Gasteiger charge is 2.58. The first-order valence-electron chi connectivity index (χ1n) is 7.20. The van der Waals surface area contributed by atoms with Crippen molar-refractivity contribution in [2.75, 3.05) is 38.6 Å². The van der Waals surface area contributed by atoms with Crippen LogP contribution in [0.4, 0.5) is 18.9 Å². The topological polar surface area (TPSA) is 23.8 Å². The number of nitrogens with zero attached hydrogens (tertiary/aromatic N) is 4. The highest BCUT2D eigenvalue weighted by Crippen LogP contribution is 2.46. The summed E-state index contributed by atoms with van der Waals surface area (Å²) < 4.78 is 42.6. The van der Waals surface area contributed by atoms with Crippen LogP contribution >= 0.6 is 0 Å². The first kappa shape index (κ1) is 15.1. The van der Waals surface area contributed by atoms with Crippen LogP contribution in [0.3, 0.4) is 0 Å². The quantitative estimate of drug-likeness (QED) is 0.870. The highest BCUT2D eigenvalue weighted by atomic mass is 19.4. The maximum Gasteiger partial charge on any atom is 0.397 e. The van der Waals surface area contributed by atoms with Crippen LogP contribution < -0.4 is 4.90 Å². The van der Waals surface area contributed by atoms with Gasteiger partial charge < -0.3 is 14.2 Å². The maximum absolute atomic E-state index is 13.6. The van der Waals surface area contributed by atoms with Gasteiger partial charge >= 0.3 is 6.18 Å². The lowest BCUT2D eigenvalue weighted by Gasteiger charge is -2.34. The number of alkyl halides is 3. The van der Waals surface area contributed by atoms with Crippen molar-refractivity contribution in [1.29, 1.82) is 0 Å². The van der Waals surface area contributed by atoms with Crippen LogP contribution in [0.15, 0.2) is 30.7 Å². The fourth-order valence-corrected chi connectivity index (χ4v) is 3.24. The molecule has 0 bridgehead atoms. The normalized spacial score (nSPS) is 22.9. The summed E-state index contributed by atoms with van der Waals surface area (Å²) in [5.41, 5.74) is -0.129. The van der Waals surface area contributed by atoms with E-state index in [-0.39, 0.29) is 19.5 Å². The molecule has 3 rings (SSSR count). The van der Waals surface area contributed by atoms with Gasteiger partial charge in [0.1, 0.15) is 5.65 Å². The van der Waals surface area contributed by atoms with Crippen molar-refractivity contribution in [2.45, 2.75) is 12.6 Å². The van der Waals surface area contributed by atoms with E-state index in [0.717, 1.165) is 11.3 Å². The zero-order valence-electron chi connectivity index (χ0n) is 12.6. The molecule has 0 N–H and O–H groups in total. The third kappa shape index (κ3) is 2.54. The minimum absolute atomic E-state index is 0.00837. The Bertz CT molecular complexity index is 664. The van der Waals surface area contributed by atoms with Gasteiger partial charge in [0.05, 0.1) is 5.41 Å². The van der Waals surface area contributed by atoms with Gasteiger partial charge in [-0.05, 0) is 26.6 Å².